The van der Waals surface area contributed by atoms with Gasteiger partial charge < -0.3 is 0 Å². The zero-order chi connectivity index (χ0) is 9.90. The van der Waals surface area contributed by atoms with Gasteiger partial charge in [-0.25, -0.2) is 0 Å². The predicted octanol–water partition coefficient (Wildman–Crippen LogP) is 3.83. The maximum atomic E-state index is 5.82. The summed E-state index contributed by atoms with van der Waals surface area (Å²) in [4.78, 5) is 0. The van der Waals surface area contributed by atoms with Gasteiger partial charge in [-0.15, -0.1) is 0 Å². The molecular weight excluding hydrogens is 199 g/mol. The smallest absolute Gasteiger partial charge is 0.0406 e. The Hall–Kier alpha value is -0.0600. The molecule has 2 heteroatoms. The third kappa shape index (κ3) is 3.67. The lowest BCUT2D eigenvalue weighted by Gasteiger charge is -2.22. The first-order valence-corrected chi connectivity index (χ1v) is 5.95. The Morgan fingerprint density at radius 3 is 2.23 bits per heavy atom. The zero-order valence-corrected chi connectivity index (χ0v) is 10.2. The summed E-state index contributed by atoms with van der Waals surface area (Å²) in [6.45, 7) is 6.85. The van der Waals surface area contributed by atoms with Crippen LogP contribution in [0, 0.1) is 0 Å². The van der Waals surface area contributed by atoms with Gasteiger partial charge >= 0.3 is 0 Å². The second-order valence-corrected chi connectivity index (χ2v) is 6.49. The zero-order valence-electron chi connectivity index (χ0n) is 8.39. The summed E-state index contributed by atoms with van der Waals surface area (Å²) in [5.74, 6) is 0. The lowest BCUT2D eigenvalue weighted by Crippen LogP contribution is -2.14. The Morgan fingerprint density at radius 1 is 1.23 bits per heavy atom. The number of hydrogen-bond acceptors (Lipinski definition) is 0. The Morgan fingerprint density at radius 2 is 1.77 bits per heavy atom. The van der Waals surface area contributed by atoms with Gasteiger partial charge in [0.2, 0.25) is 0 Å². The highest BCUT2D eigenvalue weighted by Gasteiger charge is 2.15. The van der Waals surface area contributed by atoms with Crippen molar-refractivity contribution in [3.8, 4) is 0 Å². The number of halogens is 1. The van der Waals surface area contributed by atoms with Gasteiger partial charge in [-0.2, -0.15) is 0 Å². The van der Waals surface area contributed by atoms with Gasteiger partial charge in [-0.1, -0.05) is 53.1 Å². The minimum Gasteiger partial charge on any atom is -0.0846 e. The second kappa shape index (κ2) is 4.44. The SMILES string of the molecule is CCC(C)(C)Pc1ccc(Cl)cc1. The molecule has 13 heavy (non-hydrogen) atoms. The van der Waals surface area contributed by atoms with E-state index in [4.69, 9.17) is 11.6 Å². The van der Waals surface area contributed by atoms with Crippen molar-refractivity contribution < 1.29 is 0 Å². The van der Waals surface area contributed by atoms with Crippen molar-refractivity contribution in [3.63, 3.8) is 0 Å². The van der Waals surface area contributed by atoms with Gasteiger partial charge in [0, 0.05) is 5.02 Å². The van der Waals surface area contributed by atoms with Gasteiger partial charge in [0.05, 0.1) is 0 Å². The number of rotatable bonds is 3. The number of hydrogen-bond donors (Lipinski definition) is 0. The summed E-state index contributed by atoms with van der Waals surface area (Å²) in [5.41, 5.74) is 0. The first kappa shape index (κ1) is 11.0. The summed E-state index contributed by atoms with van der Waals surface area (Å²) >= 11 is 5.82. The molecule has 0 aliphatic carbocycles. The third-order valence-corrected chi connectivity index (χ3v) is 4.12. The molecule has 0 fully saturated rings. The van der Waals surface area contributed by atoms with Crippen LogP contribution < -0.4 is 5.30 Å². The molecule has 1 unspecified atom stereocenters. The Kier molecular flexibility index (Phi) is 3.76. The van der Waals surface area contributed by atoms with E-state index in [0.717, 1.165) is 13.6 Å². The number of benzene rings is 1. The van der Waals surface area contributed by atoms with Gasteiger partial charge in [0.15, 0.2) is 0 Å². The summed E-state index contributed by atoms with van der Waals surface area (Å²) < 4.78 is 0. The summed E-state index contributed by atoms with van der Waals surface area (Å²) in [5, 5.41) is 2.65. The maximum Gasteiger partial charge on any atom is 0.0406 e. The molecule has 0 aliphatic rings. The Bertz CT molecular complexity index is 264. The van der Waals surface area contributed by atoms with Crippen LogP contribution in [-0.4, -0.2) is 5.16 Å². The fourth-order valence-corrected chi connectivity index (χ4v) is 2.43. The standard InChI is InChI=1S/C11H16ClP/c1-4-11(2,3)13-10-7-5-9(12)6-8-10/h5-8,13H,4H2,1-3H3. The molecule has 0 saturated carbocycles. The van der Waals surface area contributed by atoms with Crippen molar-refractivity contribution in [2.24, 2.45) is 0 Å². The summed E-state index contributed by atoms with van der Waals surface area (Å²) in [7, 11) is 0.869. The van der Waals surface area contributed by atoms with Gasteiger partial charge in [-0.3, -0.25) is 0 Å². The molecule has 0 saturated heterocycles. The van der Waals surface area contributed by atoms with Crippen LogP contribution in [0.1, 0.15) is 27.2 Å². The van der Waals surface area contributed by atoms with Gasteiger partial charge in [0.25, 0.3) is 0 Å². The molecule has 0 heterocycles. The van der Waals surface area contributed by atoms with Crippen molar-refractivity contribution in [2.45, 2.75) is 32.3 Å². The van der Waals surface area contributed by atoms with Crippen molar-refractivity contribution in [3.05, 3.63) is 29.3 Å². The largest absolute Gasteiger partial charge is 0.0846 e. The van der Waals surface area contributed by atoms with Crippen molar-refractivity contribution in [1.82, 2.24) is 0 Å². The highest BCUT2D eigenvalue weighted by Crippen LogP contribution is 2.33. The molecule has 0 spiro atoms. The first-order valence-electron chi connectivity index (χ1n) is 4.57. The fraction of sp³-hybridized carbons (Fsp3) is 0.455. The molecule has 0 amide bonds. The Labute approximate surface area is 87.5 Å². The van der Waals surface area contributed by atoms with Crippen molar-refractivity contribution >= 4 is 25.5 Å². The molecule has 0 radical (unpaired) electrons. The van der Waals surface area contributed by atoms with Crippen LogP contribution in [0.15, 0.2) is 24.3 Å². The van der Waals surface area contributed by atoms with Crippen molar-refractivity contribution in [1.29, 1.82) is 0 Å². The van der Waals surface area contributed by atoms with Gasteiger partial charge in [0.1, 0.15) is 0 Å². The van der Waals surface area contributed by atoms with Crippen molar-refractivity contribution in [2.75, 3.05) is 0 Å². The van der Waals surface area contributed by atoms with Crippen LogP contribution in [0.4, 0.5) is 0 Å². The fourth-order valence-electron chi connectivity index (χ4n) is 1.01. The molecule has 1 rings (SSSR count). The van der Waals surface area contributed by atoms with Crippen LogP contribution in [0.2, 0.25) is 5.02 Å². The highest BCUT2D eigenvalue weighted by atomic mass is 35.5. The second-order valence-electron chi connectivity index (χ2n) is 3.87. The molecule has 72 valence electrons. The normalized spacial score (nSPS) is 12.6. The third-order valence-electron chi connectivity index (χ3n) is 2.21. The maximum absolute atomic E-state index is 5.82. The molecule has 0 nitrogen and oxygen atoms in total. The topological polar surface area (TPSA) is 0 Å². The van der Waals surface area contributed by atoms with Crippen LogP contribution >= 0.6 is 20.2 Å². The molecular formula is C11H16ClP. The highest BCUT2D eigenvalue weighted by molar-refractivity contribution is 7.48. The van der Waals surface area contributed by atoms with E-state index < -0.39 is 0 Å². The van der Waals surface area contributed by atoms with Crippen LogP contribution in [-0.2, 0) is 0 Å². The van der Waals surface area contributed by atoms with Crippen LogP contribution in [0.3, 0.4) is 0 Å². The lowest BCUT2D eigenvalue weighted by molar-refractivity contribution is 0.681. The van der Waals surface area contributed by atoms with E-state index in [1.54, 1.807) is 0 Å². The minimum absolute atomic E-state index is 0.424. The molecule has 0 bridgehead atoms. The van der Waals surface area contributed by atoms with E-state index in [-0.39, 0.29) is 0 Å². The van der Waals surface area contributed by atoms with E-state index in [1.165, 1.54) is 11.7 Å². The molecule has 1 aromatic rings. The van der Waals surface area contributed by atoms with Crippen LogP contribution in [0.5, 0.6) is 0 Å². The summed E-state index contributed by atoms with van der Waals surface area (Å²) in [6.07, 6.45) is 1.22. The van der Waals surface area contributed by atoms with E-state index >= 15 is 0 Å². The first-order chi connectivity index (χ1) is 6.03. The average molecular weight is 215 g/mol. The minimum atomic E-state index is 0.424. The lowest BCUT2D eigenvalue weighted by atomic mass is 10.1. The van der Waals surface area contributed by atoms with Gasteiger partial charge in [-0.05, 0) is 29.0 Å². The van der Waals surface area contributed by atoms with E-state index in [1.807, 2.05) is 12.1 Å². The monoisotopic (exact) mass is 214 g/mol. The van der Waals surface area contributed by atoms with E-state index in [9.17, 15) is 0 Å². The quantitative estimate of drug-likeness (QED) is 0.671. The molecule has 0 aliphatic heterocycles. The van der Waals surface area contributed by atoms with Crippen LogP contribution in [0.25, 0.3) is 0 Å². The predicted molar refractivity (Wildman–Crippen MR) is 63.8 cm³/mol. The molecule has 0 N–H and O–H groups in total. The Balaban J connectivity index is 2.69. The molecule has 0 aromatic heterocycles. The molecule has 1 aromatic carbocycles. The summed E-state index contributed by atoms with van der Waals surface area (Å²) in [6, 6.07) is 8.18. The average Bonchev–Trinajstić information content (AvgIpc) is 2.09. The van der Waals surface area contributed by atoms with E-state index in [2.05, 4.69) is 32.9 Å². The van der Waals surface area contributed by atoms with E-state index in [0.29, 0.717) is 5.16 Å². The molecule has 1 atom stereocenters.